The second-order valence-corrected chi connectivity index (χ2v) is 9.60. The fourth-order valence-corrected chi connectivity index (χ4v) is 4.56. The zero-order chi connectivity index (χ0) is 24.3. The van der Waals surface area contributed by atoms with E-state index in [-0.39, 0.29) is 44.6 Å². The average molecular weight is 497 g/mol. The van der Waals surface area contributed by atoms with Crippen molar-refractivity contribution in [1.82, 2.24) is 4.31 Å². The average Bonchev–Trinajstić information content (AvgIpc) is 2.72. The Labute approximate surface area is 194 Å². The molecule has 0 aliphatic rings. The number of sulfonamides is 1. The Kier molecular flexibility index (Phi) is 7.21. The molecule has 0 spiro atoms. The molecule has 3 N–H and O–H groups in total. The van der Waals surface area contributed by atoms with Crippen LogP contribution in [0.2, 0.25) is 5.02 Å². The molecule has 0 aliphatic heterocycles. The number of carboxylic acids is 1. The van der Waals surface area contributed by atoms with Crippen LogP contribution in [0.1, 0.15) is 5.56 Å². The van der Waals surface area contributed by atoms with Gasteiger partial charge >= 0.3 is 5.97 Å². The molecule has 11 heteroatoms. The van der Waals surface area contributed by atoms with E-state index < -0.39 is 34.2 Å². The first-order chi connectivity index (χ1) is 15.5. The highest BCUT2D eigenvalue weighted by Gasteiger charge is 2.24. The maximum Gasteiger partial charge on any atom is 0.341 e. The number of aliphatic carboxylic acids is 1. The van der Waals surface area contributed by atoms with Crippen LogP contribution in [0.4, 0.5) is 14.5 Å². The van der Waals surface area contributed by atoms with Crippen molar-refractivity contribution in [2.45, 2.75) is 11.4 Å². The largest absolute Gasteiger partial charge is 0.481 e. The molecule has 0 heterocycles. The van der Waals surface area contributed by atoms with Crippen molar-refractivity contribution in [3.63, 3.8) is 0 Å². The van der Waals surface area contributed by atoms with Crippen molar-refractivity contribution < 1.29 is 31.8 Å². The second kappa shape index (κ2) is 9.74. The summed E-state index contributed by atoms with van der Waals surface area (Å²) in [5.74, 6) is -2.96. The highest BCUT2D eigenvalue weighted by atomic mass is 35.5. The van der Waals surface area contributed by atoms with Crippen LogP contribution in [0.5, 0.6) is 5.75 Å². The molecule has 0 aliphatic carbocycles. The highest BCUT2D eigenvalue weighted by Crippen LogP contribution is 2.35. The van der Waals surface area contributed by atoms with E-state index in [4.69, 9.17) is 27.2 Å². The first-order valence-electron chi connectivity index (χ1n) is 9.42. The Morgan fingerprint density at radius 1 is 1.15 bits per heavy atom. The number of anilines is 1. The Bertz CT molecular complexity index is 1300. The van der Waals surface area contributed by atoms with E-state index in [0.717, 1.165) is 22.5 Å². The summed E-state index contributed by atoms with van der Waals surface area (Å²) in [7, 11) is -2.74. The topological polar surface area (TPSA) is 110 Å². The smallest absolute Gasteiger partial charge is 0.341 e. The van der Waals surface area contributed by atoms with Gasteiger partial charge in [0.05, 0.1) is 4.90 Å². The minimum absolute atomic E-state index is 0.0522. The summed E-state index contributed by atoms with van der Waals surface area (Å²) in [6.45, 7) is -1.14. The standard InChI is InChI=1S/C22H19ClF2N2O5S/c1-27(33(30,31)18-4-2-3-15(23)8-18)11-14-7-19(13-5-16(24)9-17(26)6-13)21(10-20(14)25)32-12-22(28)29/h2-10H,11-12,26H2,1H3,(H,28,29). The Hall–Kier alpha value is -3.21. The first kappa shape index (κ1) is 24.4. The molecule has 0 atom stereocenters. The number of carbonyl (C=O) groups is 1. The van der Waals surface area contributed by atoms with Gasteiger partial charge in [0, 0.05) is 41.5 Å². The minimum Gasteiger partial charge on any atom is -0.481 e. The molecule has 0 saturated heterocycles. The minimum atomic E-state index is -4.01. The van der Waals surface area contributed by atoms with E-state index in [9.17, 15) is 22.0 Å². The fraction of sp³-hybridized carbons (Fsp3) is 0.136. The molecular formula is C22H19ClF2N2O5S. The van der Waals surface area contributed by atoms with Crippen LogP contribution in [-0.4, -0.2) is 37.5 Å². The molecule has 0 aromatic heterocycles. The summed E-state index contributed by atoms with van der Waals surface area (Å²) in [4.78, 5) is 10.8. The van der Waals surface area contributed by atoms with E-state index in [2.05, 4.69) is 0 Å². The van der Waals surface area contributed by atoms with Crippen molar-refractivity contribution >= 4 is 33.3 Å². The SMILES string of the molecule is CN(Cc1cc(-c2cc(N)cc(F)c2)c(OCC(=O)O)cc1F)S(=O)(=O)c1cccc(Cl)c1. The number of ether oxygens (including phenoxy) is 1. The van der Waals surface area contributed by atoms with Crippen LogP contribution in [0.25, 0.3) is 11.1 Å². The van der Waals surface area contributed by atoms with Crippen LogP contribution in [0.15, 0.2) is 59.5 Å². The lowest BCUT2D eigenvalue weighted by atomic mass is 10.0. The van der Waals surface area contributed by atoms with Gasteiger partial charge in [0.15, 0.2) is 6.61 Å². The van der Waals surface area contributed by atoms with Gasteiger partial charge in [0.2, 0.25) is 10.0 Å². The summed E-state index contributed by atoms with van der Waals surface area (Å²) < 4.78 is 60.7. The van der Waals surface area contributed by atoms with Crippen LogP contribution in [0.3, 0.4) is 0 Å². The van der Waals surface area contributed by atoms with Gasteiger partial charge in [0.1, 0.15) is 17.4 Å². The van der Waals surface area contributed by atoms with Crippen LogP contribution in [0, 0.1) is 11.6 Å². The molecule has 0 fully saturated rings. The fourth-order valence-electron chi connectivity index (χ4n) is 3.11. The van der Waals surface area contributed by atoms with Crippen LogP contribution in [-0.2, 0) is 21.4 Å². The highest BCUT2D eigenvalue weighted by molar-refractivity contribution is 7.89. The van der Waals surface area contributed by atoms with Gasteiger partial charge in [0.25, 0.3) is 0 Å². The van der Waals surface area contributed by atoms with E-state index in [1.807, 2.05) is 0 Å². The van der Waals surface area contributed by atoms with Crippen LogP contribution < -0.4 is 10.5 Å². The lowest BCUT2D eigenvalue weighted by Gasteiger charge is -2.20. The molecule has 0 unspecified atom stereocenters. The molecule has 0 bridgehead atoms. The quantitative estimate of drug-likeness (QED) is 0.453. The summed E-state index contributed by atoms with van der Waals surface area (Å²) >= 11 is 5.89. The van der Waals surface area contributed by atoms with Crippen molar-refractivity contribution in [3.8, 4) is 16.9 Å². The molecule has 0 saturated carbocycles. The zero-order valence-corrected chi connectivity index (χ0v) is 18.8. The number of carboxylic acid groups (broad SMARTS) is 1. The van der Waals surface area contributed by atoms with Gasteiger partial charge in [-0.1, -0.05) is 17.7 Å². The summed E-state index contributed by atoms with van der Waals surface area (Å²) in [6.07, 6.45) is 0. The van der Waals surface area contributed by atoms with Crippen molar-refractivity contribution in [2.24, 2.45) is 0 Å². The third-order valence-corrected chi connectivity index (χ3v) is 6.66. The number of hydrogen-bond acceptors (Lipinski definition) is 5. The Morgan fingerprint density at radius 2 is 1.88 bits per heavy atom. The molecular weight excluding hydrogens is 478 g/mol. The maximum absolute atomic E-state index is 14.9. The third-order valence-electron chi connectivity index (χ3n) is 4.63. The molecule has 3 rings (SSSR count). The number of nitrogens with two attached hydrogens (primary N) is 1. The molecule has 3 aromatic carbocycles. The number of nitrogen functional groups attached to an aromatic ring is 1. The van der Waals surface area contributed by atoms with Gasteiger partial charge in [-0.3, -0.25) is 0 Å². The molecule has 174 valence electrons. The molecule has 3 aromatic rings. The van der Waals surface area contributed by atoms with Gasteiger partial charge < -0.3 is 15.6 Å². The lowest BCUT2D eigenvalue weighted by molar-refractivity contribution is -0.139. The number of rotatable bonds is 8. The Balaban J connectivity index is 2.04. The normalized spacial score (nSPS) is 11.5. The van der Waals surface area contributed by atoms with Gasteiger partial charge in [-0.15, -0.1) is 0 Å². The van der Waals surface area contributed by atoms with Crippen molar-refractivity contribution in [1.29, 1.82) is 0 Å². The molecule has 0 amide bonds. The first-order valence-corrected chi connectivity index (χ1v) is 11.2. The summed E-state index contributed by atoms with van der Waals surface area (Å²) in [5.41, 5.74) is 6.08. The Morgan fingerprint density at radius 3 is 2.52 bits per heavy atom. The van der Waals surface area contributed by atoms with E-state index in [1.54, 1.807) is 0 Å². The number of benzene rings is 3. The maximum atomic E-state index is 14.9. The molecule has 7 nitrogen and oxygen atoms in total. The van der Waals surface area contributed by atoms with Crippen molar-refractivity contribution in [2.75, 3.05) is 19.4 Å². The second-order valence-electron chi connectivity index (χ2n) is 7.11. The van der Waals surface area contributed by atoms with Gasteiger partial charge in [-0.05, 0) is 48.0 Å². The number of nitrogens with zero attached hydrogens (tertiary/aromatic N) is 1. The number of hydrogen-bond donors (Lipinski definition) is 2. The van der Waals surface area contributed by atoms with E-state index in [1.165, 1.54) is 43.4 Å². The molecule has 0 radical (unpaired) electrons. The van der Waals surface area contributed by atoms with E-state index >= 15 is 0 Å². The monoisotopic (exact) mass is 496 g/mol. The number of halogens is 3. The van der Waals surface area contributed by atoms with Gasteiger partial charge in [-0.2, -0.15) is 4.31 Å². The summed E-state index contributed by atoms with van der Waals surface area (Å²) in [5, 5.41) is 9.13. The van der Waals surface area contributed by atoms with Crippen LogP contribution >= 0.6 is 11.6 Å². The van der Waals surface area contributed by atoms with Gasteiger partial charge in [-0.25, -0.2) is 22.0 Å². The van der Waals surface area contributed by atoms with E-state index in [0.29, 0.717) is 0 Å². The predicted octanol–water partition coefficient (Wildman–Crippen LogP) is 4.15. The third kappa shape index (κ3) is 5.78. The molecule has 33 heavy (non-hydrogen) atoms. The van der Waals surface area contributed by atoms with Crippen molar-refractivity contribution in [3.05, 3.63) is 76.8 Å². The lowest BCUT2D eigenvalue weighted by Crippen LogP contribution is -2.27. The zero-order valence-electron chi connectivity index (χ0n) is 17.3. The summed E-state index contributed by atoms with van der Waals surface area (Å²) in [6, 6.07) is 11.4. The predicted molar refractivity (Wildman–Crippen MR) is 119 cm³/mol.